The lowest BCUT2D eigenvalue weighted by Gasteiger charge is -2.35. The molecule has 1 aliphatic rings. The molecular formula is C20H21BrClN5O3S. The van der Waals surface area contributed by atoms with E-state index in [0.29, 0.717) is 21.8 Å². The zero-order chi connectivity index (χ0) is 22.3. The number of piperidine rings is 1. The van der Waals surface area contributed by atoms with Crippen LogP contribution in [0, 0.1) is 6.92 Å². The summed E-state index contributed by atoms with van der Waals surface area (Å²) >= 11 is 9.53. The van der Waals surface area contributed by atoms with Crippen LogP contribution in [0.1, 0.15) is 46.9 Å². The van der Waals surface area contributed by atoms with E-state index in [1.165, 1.54) is 0 Å². The highest BCUT2D eigenvalue weighted by Crippen LogP contribution is 2.34. The molecule has 0 bridgehead atoms. The van der Waals surface area contributed by atoms with Crippen LogP contribution in [0.3, 0.4) is 0 Å². The molecule has 164 valence electrons. The monoisotopic (exact) mass is 525 g/mol. The third-order valence-electron chi connectivity index (χ3n) is 5.20. The molecule has 0 radical (unpaired) electrons. The molecule has 1 aromatic carbocycles. The molecule has 3 aromatic rings. The van der Waals surface area contributed by atoms with Gasteiger partial charge in [-0.3, -0.25) is 9.52 Å². The lowest BCUT2D eigenvalue weighted by atomic mass is 9.98. The molecule has 4 rings (SSSR count). The van der Waals surface area contributed by atoms with Crippen LogP contribution < -0.4 is 4.72 Å². The second-order valence-electron chi connectivity index (χ2n) is 7.66. The smallest absolute Gasteiger partial charge is 0.256 e. The van der Waals surface area contributed by atoms with Crippen molar-refractivity contribution in [1.29, 1.82) is 0 Å². The van der Waals surface area contributed by atoms with Gasteiger partial charge in [0.1, 0.15) is 5.15 Å². The Morgan fingerprint density at radius 2 is 2.06 bits per heavy atom. The number of carbonyl (C=O) groups is 1. The maximum absolute atomic E-state index is 13.6. The maximum atomic E-state index is 13.6. The van der Waals surface area contributed by atoms with Crippen LogP contribution in [0.15, 0.2) is 34.9 Å². The number of amides is 1. The fraction of sp³-hybridized carbons (Fsp3) is 0.350. The number of benzene rings is 1. The van der Waals surface area contributed by atoms with Crippen molar-refractivity contribution >= 4 is 54.8 Å². The summed E-state index contributed by atoms with van der Waals surface area (Å²) in [6.07, 6.45) is 5.45. The number of likely N-dealkylation sites (tertiary alicyclic amines) is 1. The number of anilines is 1. The average molecular weight is 527 g/mol. The topological polar surface area (TPSA) is 96.7 Å². The van der Waals surface area contributed by atoms with E-state index in [1.54, 1.807) is 27.6 Å². The minimum atomic E-state index is -3.54. The first-order valence-corrected chi connectivity index (χ1v) is 12.8. The van der Waals surface area contributed by atoms with Gasteiger partial charge in [0.05, 0.1) is 29.2 Å². The molecule has 1 atom stereocenters. The second kappa shape index (κ2) is 8.40. The van der Waals surface area contributed by atoms with Gasteiger partial charge in [-0.2, -0.15) is 5.10 Å². The molecule has 0 saturated carbocycles. The molecule has 31 heavy (non-hydrogen) atoms. The number of nitrogens with one attached hydrogen (secondary N) is 1. The first kappa shape index (κ1) is 22.0. The molecule has 1 aliphatic heterocycles. The Labute approximate surface area is 193 Å². The quantitative estimate of drug-likeness (QED) is 0.514. The van der Waals surface area contributed by atoms with E-state index >= 15 is 0 Å². The van der Waals surface area contributed by atoms with Crippen LogP contribution in [0.4, 0.5) is 5.69 Å². The van der Waals surface area contributed by atoms with Gasteiger partial charge in [0, 0.05) is 28.8 Å². The number of aryl methyl sites for hydroxylation is 1. The van der Waals surface area contributed by atoms with Crippen LogP contribution in [0.25, 0.3) is 5.65 Å². The Hall–Kier alpha value is -2.17. The summed E-state index contributed by atoms with van der Waals surface area (Å²) in [7, 11) is -3.54. The number of carbonyl (C=O) groups excluding carboxylic acids is 1. The number of fused-ring (bicyclic) bond motifs is 1. The predicted octanol–water partition coefficient (Wildman–Crippen LogP) is 4.19. The Morgan fingerprint density at radius 3 is 2.81 bits per heavy atom. The molecule has 11 heteroatoms. The Bertz CT molecular complexity index is 1240. The van der Waals surface area contributed by atoms with Gasteiger partial charge in [-0.15, -0.1) is 0 Å². The van der Waals surface area contributed by atoms with E-state index in [0.717, 1.165) is 36.8 Å². The molecule has 1 amide bonds. The first-order chi connectivity index (χ1) is 14.6. The number of aromatic nitrogens is 3. The average Bonchev–Trinajstić information content (AvgIpc) is 3.10. The van der Waals surface area contributed by atoms with Crippen molar-refractivity contribution in [3.63, 3.8) is 0 Å². The number of nitrogens with zero attached hydrogens (tertiary/aromatic N) is 4. The summed E-state index contributed by atoms with van der Waals surface area (Å²) in [5, 5.41) is 5.06. The fourth-order valence-electron chi connectivity index (χ4n) is 3.79. The van der Waals surface area contributed by atoms with Gasteiger partial charge in [-0.25, -0.2) is 17.9 Å². The van der Waals surface area contributed by atoms with Crippen LogP contribution in [-0.4, -0.2) is 46.6 Å². The standard InChI is InChI=1S/C20H21BrClN5O3S/c1-12-11-27-18(23-19(12)22)10-16(24-27)17-5-3-4-8-26(17)20(28)14-9-13(21)6-7-15(14)25-31(2,29)30/h6-7,9-11,17,25H,3-5,8H2,1-2H3/t17-/m0/s1. The number of rotatable bonds is 4. The summed E-state index contributed by atoms with van der Waals surface area (Å²) in [5.74, 6) is -0.253. The summed E-state index contributed by atoms with van der Waals surface area (Å²) in [6.45, 7) is 2.41. The number of hydrogen-bond acceptors (Lipinski definition) is 5. The molecule has 1 fully saturated rings. The van der Waals surface area contributed by atoms with Crippen molar-refractivity contribution in [2.24, 2.45) is 0 Å². The zero-order valence-electron chi connectivity index (χ0n) is 17.0. The second-order valence-corrected chi connectivity index (χ2v) is 10.7. The molecule has 0 aliphatic carbocycles. The highest BCUT2D eigenvalue weighted by molar-refractivity contribution is 9.10. The normalized spacial score (nSPS) is 17.2. The van der Waals surface area contributed by atoms with Crippen molar-refractivity contribution < 1.29 is 13.2 Å². The summed E-state index contributed by atoms with van der Waals surface area (Å²) in [5.41, 5.74) is 2.69. The minimum Gasteiger partial charge on any atom is -0.330 e. The van der Waals surface area contributed by atoms with Crippen LogP contribution in [0.2, 0.25) is 5.15 Å². The third-order valence-corrected chi connectivity index (χ3v) is 6.67. The Balaban J connectivity index is 1.73. The third kappa shape index (κ3) is 4.70. The van der Waals surface area contributed by atoms with Crippen molar-refractivity contribution in [2.75, 3.05) is 17.5 Å². The first-order valence-electron chi connectivity index (χ1n) is 9.73. The molecular weight excluding hydrogens is 506 g/mol. The summed E-state index contributed by atoms with van der Waals surface area (Å²) < 4.78 is 28.4. The van der Waals surface area contributed by atoms with E-state index in [9.17, 15) is 13.2 Å². The van der Waals surface area contributed by atoms with E-state index in [-0.39, 0.29) is 23.2 Å². The highest BCUT2D eigenvalue weighted by atomic mass is 79.9. The van der Waals surface area contributed by atoms with E-state index in [4.69, 9.17) is 11.6 Å². The van der Waals surface area contributed by atoms with Crippen molar-refractivity contribution in [3.8, 4) is 0 Å². The number of hydrogen-bond donors (Lipinski definition) is 1. The molecule has 2 aromatic heterocycles. The van der Waals surface area contributed by atoms with Gasteiger partial charge < -0.3 is 4.90 Å². The lowest BCUT2D eigenvalue weighted by molar-refractivity contribution is 0.0606. The van der Waals surface area contributed by atoms with Crippen LogP contribution in [0.5, 0.6) is 0 Å². The van der Waals surface area contributed by atoms with Gasteiger partial charge in [0.15, 0.2) is 5.65 Å². The molecule has 3 heterocycles. The summed E-state index contributed by atoms with van der Waals surface area (Å²) in [4.78, 5) is 19.7. The molecule has 1 N–H and O–H groups in total. The van der Waals surface area contributed by atoms with Crippen LogP contribution in [-0.2, 0) is 10.0 Å². The van der Waals surface area contributed by atoms with Crippen molar-refractivity contribution in [3.05, 3.63) is 56.9 Å². The molecule has 8 nitrogen and oxygen atoms in total. The van der Waals surface area contributed by atoms with Crippen molar-refractivity contribution in [2.45, 2.75) is 32.2 Å². The highest BCUT2D eigenvalue weighted by Gasteiger charge is 2.32. The Morgan fingerprint density at radius 1 is 1.29 bits per heavy atom. The van der Waals surface area contributed by atoms with Crippen LogP contribution >= 0.6 is 27.5 Å². The number of halogens is 2. The molecule has 0 unspecified atom stereocenters. The van der Waals surface area contributed by atoms with E-state index < -0.39 is 10.0 Å². The Kier molecular flexibility index (Phi) is 5.97. The van der Waals surface area contributed by atoms with Gasteiger partial charge in [-0.1, -0.05) is 27.5 Å². The fourth-order valence-corrected chi connectivity index (χ4v) is 4.86. The largest absolute Gasteiger partial charge is 0.330 e. The van der Waals surface area contributed by atoms with Gasteiger partial charge in [0.2, 0.25) is 10.0 Å². The SMILES string of the molecule is Cc1cn2nc([C@@H]3CCCCN3C(=O)c3cc(Br)ccc3NS(C)(=O)=O)cc2nc1Cl. The number of sulfonamides is 1. The van der Waals surface area contributed by atoms with Gasteiger partial charge in [0.25, 0.3) is 5.91 Å². The van der Waals surface area contributed by atoms with E-state index in [2.05, 4.69) is 30.7 Å². The predicted molar refractivity (Wildman–Crippen MR) is 123 cm³/mol. The van der Waals surface area contributed by atoms with Crippen molar-refractivity contribution in [1.82, 2.24) is 19.5 Å². The minimum absolute atomic E-state index is 0.243. The summed E-state index contributed by atoms with van der Waals surface area (Å²) in [6, 6.07) is 6.51. The molecule has 1 saturated heterocycles. The molecule has 0 spiro atoms. The van der Waals surface area contributed by atoms with E-state index in [1.807, 2.05) is 19.2 Å². The zero-order valence-corrected chi connectivity index (χ0v) is 20.1. The van der Waals surface area contributed by atoms with Gasteiger partial charge >= 0.3 is 0 Å². The van der Waals surface area contributed by atoms with Gasteiger partial charge in [-0.05, 0) is 44.4 Å². The lowest BCUT2D eigenvalue weighted by Crippen LogP contribution is -2.39. The maximum Gasteiger partial charge on any atom is 0.256 e.